The van der Waals surface area contributed by atoms with Crippen LogP contribution >= 0.6 is 11.3 Å². The van der Waals surface area contributed by atoms with Crippen molar-refractivity contribution in [3.8, 4) is 16.3 Å². The number of aromatic nitrogens is 1. The Hall–Kier alpha value is -3.23. The number of carbonyl (C=O) groups is 2. The van der Waals surface area contributed by atoms with Crippen molar-refractivity contribution in [1.82, 2.24) is 19.7 Å². The highest BCUT2D eigenvalue weighted by Crippen LogP contribution is 2.26. The summed E-state index contributed by atoms with van der Waals surface area (Å²) in [5, 5.41) is 3.13. The molecule has 3 heterocycles. The second kappa shape index (κ2) is 10.6. The van der Waals surface area contributed by atoms with Crippen LogP contribution in [0, 0.1) is 0 Å². The maximum absolute atomic E-state index is 13.0. The first-order chi connectivity index (χ1) is 17.1. The molecule has 2 saturated heterocycles. The van der Waals surface area contributed by atoms with Crippen LogP contribution in [-0.4, -0.2) is 71.3 Å². The Balaban J connectivity index is 1.11. The molecule has 182 valence electrons. The topological polar surface area (TPSA) is 66.0 Å². The zero-order valence-electron chi connectivity index (χ0n) is 20.0. The predicted octanol–water partition coefficient (Wildman–Crippen LogP) is 3.90. The van der Waals surface area contributed by atoms with Gasteiger partial charge in [-0.3, -0.25) is 14.5 Å². The summed E-state index contributed by atoms with van der Waals surface area (Å²) in [5.74, 6) is 1.13. The van der Waals surface area contributed by atoms with Crippen molar-refractivity contribution in [1.29, 1.82) is 0 Å². The van der Waals surface area contributed by atoms with Gasteiger partial charge < -0.3 is 14.5 Å². The fourth-order valence-electron chi connectivity index (χ4n) is 4.61. The number of carbonyl (C=O) groups excluding carboxylic acids is 2. The number of likely N-dealkylation sites (tertiary alicyclic amines) is 1. The Labute approximate surface area is 209 Å². The van der Waals surface area contributed by atoms with Crippen molar-refractivity contribution in [2.45, 2.75) is 25.9 Å². The summed E-state index contributed by atoms with van der Waals surface area (Å²) in [6.07, 6.45) is 1.59. The number of ether oxygens (including phenoxy) is 1. The molecule has 2 aliphatic heterocycles. The highest BCUT2D eigenvalue weighted by atomic mass is 32.1. The van der Waals surface area contributed by atoms with Crippen LogP contribution in [0.15, 0.2) is 53.9 Å². The minimum Gasteiger partial charge on any atom is -0.497 e. The van der Waals surface area contributed by atoms with Gasteiger partial charge in [-0.25, -0.2) is 4.98 Å². The van der Waals surface area contributed by atoms with E-state index in [0.717, 1.165) is 60.2 Å². The van der Waals surface area contributed by atoms with E-state index in [4.69, 9.17) is 9.72 Å². The van der Waals surface area contributed by atoms with Gasteiger partial charge in [0, 0.05) is 68.7 Å². The molecule has 2 aliphatic rings. The van der Waals surface area contributed by atoms with Crippen molar-refractivity contribution < 1.29 is 14.3 Å². The number of amides is 2. The zero-order valence-corrected chi connectivity index (χ0v) is 20.8. The maximum atomic E-state index is 13.0. The van der Waals surface area contributed by atoms with Gasteiger partial charge in [-0.2, -0.15) is 0 Å². The molecule has 0 atom stereocenters. The molecular weight excluding hydrogens is 460 g/mol. The Kier molecular flexibility index (Phi) is 7.11. The summed E-state index contributed by atoms with van der Waals surface area (Å²) in [7, 11) is 1.67. The van der Waals surface area contributed by atoms with Gasteiger partial charge in [-0.05, 0) is 48.4 Å². The summed E-state index contributed by atoms with van der Waals surface area (Å²) in [5.41, 5.74) is 3.93. The number of piperazine rings is 1. The van der Waals surface area contributed by atoms with Gasteiger partial charge in [0.1, 0.15) is 10.8 Å². The van der Waals surface area contributed by atoms with Crippen LogP contribution in [0.3, 0.4) is 0 Å². The van der Waals surface area contributed by atoms with Crippen molar-refractivity contribution >= 4 is 23.2 Å². The molecule has 7 nitrogen and oxygen atoms in total. The number of nitrogens with zero attached hydrogens (tertiary/aromatic N) is 4. The molecule has 2 amide bonds. The van der Waals surface area contributed by atoms with E-state index in [-0.39, 0.29) is 11.8 Å². The highest BCUT2D eigenvalue weighted by molar-refractivity contribution is 7.13. The van der Waals surface area contributed by atoms with Crippen LogP contribution < -0.4 is 4.74 Å². The van der Waals surface area contributed by atoms with Gasteiger partial charge in [-0.1, -0.05) is 12.1 Å². The number of methoxy groups -OCH3 is 1. The van der Waals surface area contributed by atoms with E-state index in [1.807, 2.05) is 58.3 Å². The molecule has 0 spiro atoms. The van der Waals surface area contributed by atoms with Crippen molar-refractivity contribution in [2.24, 2.45) is 0 Å². The van der Waals surface area contributed by atoms with Crippen LogP contribution in [0.1, 0.15) is 34.5 Å². The highest BCUT2D eigenvalue weighted by Gasteiger charge is 2.23. The quantitative estimate of drug-likeness (QED) is 0.503. The van der Waals surface area contributed by atoms with Crippen molar-refractivity contribution in [2.75, 3.05) is 39.8 Å². The standard InChI is InChI=1S/C27H30N4O3S/c1-34-24-10-8-21(9-11-24)26-28-23(19-35-26)18-29-13-15-30(16-14-29)27(33)22-6-4-20(5-7-22)17-31-12-2-3-25(31)32/h4-11,19H,2-3,12-18H2,1H3. The monoisotopic (exact) mass is 490 g/mol. The average Bonchev–Trinajstić information content (AvgIpc) is 3.53. The van der Waals surface area contributed by atoms with Crippen LogP contribution in [0.5, 0.6) is 5.75 Å². The van der Waals surface area contributed by atoms with Crippen LogP contribution in [0.25, 0.3) is 10.6 Å². The summed E-state index contributed by atoms with van der Waals surface area (Å²) >= 11 is 1.65. The Morgan fingerprint density at radius 2 is 1.71 bits per heavy atom. The normalized spacial score (nSPS) is 16.7. The lowest BCUT2D eigenvalue weighted by atomic mass is 10.1. The van der Waals surface area contributed by atoms with Crippen molar-refractivity contribution in [3.63, 3.8) is 0 Å². The van der Waals surface area contributed by atoms with E-state index in [0.29, 0.717) is 31.6 Å². The van der Waals surface area contributed by atoms with Gasteiger partial charge in [0.25, 0.3) is 5.91 Å². The second-order valence-corrected chi connectivity index (χ2v) is 9.91. The average molecular weight is 491 g/mol. The summed E-state index contributed by atoms with van der Waals surface area (Å²) in [4.78, 5) is 35.8. The number of hydrogen-bond acceptors (Lipinski definition) is 6. The third-order valence-corrected chi connectivity index (χ3v) is 7.62. The molecular formula is C27H30N4O3S. The first kappa shape index (κ1) is 23.5. The number of hydrogen-bond donors (Lipinski definition) is 0. The Morgan fingerprint density at radius 3 is 2.37 bits per heavy atom. The Bertz CT molecular complexity index is 1170. The molecule has 0 aliphatic carbocycles. The SMILES string of the molecule is COc1ccc(-c2nc(CN3CCN(C(=O)c4ccc(CN5CCCC5=O)cc4)CC3)cs2)cc1. The fourth-order valence-corrected chi connectivity index (χ4v) is 5.43. The second-order valence-electron chi connectivity index (χ2n) is 9.06. The molecule has 35 heavy (non-hydrogen) atoms. The van der Waals surface area contributed by atoms with Gasteiger partial charge in [0.2, 0.25) is 5.91 Å². The third kappa shape index (κ3) is 5.55. The van der Waals surface area contributed by atoms with Gasteiger partial charge in [0.15, 0.2) is 0 Å². The molecule has 0 saturated carbocycles. The molecule has 0 unspecified atom stereocenters. The molecule has 2 aromatic carbocycles. The first-order valence-corrected chi connectivity index (χ1v) is 12.9. The van der Waals surface area contributed by atoms with E-state index < -0.39 is 0 Å². The lowest BCUT2D eigenvalue weighted by Gasteiger charge is -2.34. The van der Waals surface area contributed by atoms with Crippen LogP contribution in [0.4, 0.5) is 0 Å². The fraction of sp³-hybridized carbons (Fsp3) is 0.370. The number of benzene rings is 2. The maximum Gasteiger partial charge on any atom is 0.253 e. The minimum absolute atomic E-state index is 0.0731. The van der Waals surface area contributed by atoms with Crippen molar-refractivity contribution in [3.05, 3.63) is 70.7 Å². The van der Waals surface area contributed by atoms with Gasteiger partial charge in [-0.15, -0.1) is 11.3 Å². The van der Waals surface area contributed by atoms with Crippen LogP contribution in [-0.2, 0) is 17.9 Å². The molecule has 5 rings (SSSR count). The summed E-state index contributed by atoms with van der Waals surface area (Å²) in [6.45, 7) is 5.32. The van der Waals surface area contributed by atoms with E-state index in [1.165, 1.54) is 0 Å². The van der Waals surface area contributed by atoms with Gasteiger partial charge >= 0.3 is 0 Å². The smallest absolute Gasteiger partial charge is 0.253 e. The summed E-state index contributed by atoms with van der Waals surface area (Å²) < 4.78 is 5.23. The molecule has 0 bridgehead atoms. The van der Waals surface area contributed by atoms with E-state index in [1.54, 1.807) is 18.4 Å². The van der Waals surface area contributed by atoms with E-state index in [2.05, 4.69) is 10.3 Å². The largest absolute Gasteiger partial charge is 0.497 e. The first-order valence-electron chi connectivity index (χ1n) is 12.1. The molecule has 1 aromatic heterocycles. The number of rotatable bonds is 7. The van der Waals surface area contributed by atoms with Gasteiger partial charge in [0.05, 0.1) is 12.8 Å². The molecule has 0 radical (unpaired) electrons. The van der Waals surface area contributed by atoms with Crippen LogP contribution in [0.2, 0.25) is 0 Å². The lowest BCUT2D eigenvalue weighted by Crippen LogP contribution is -2.48. The molecule has 0 N–H and O–H groups in total. The molecule has 8 heteroatoms. The lowest BCUT2D eigenvalue weighted by molar-refractivity contribution is -0.128. The number of thiazole rings is 1. The Morgan fingerprint density at radius 1 is 0.971 bits per heavy atom. The predicted molar refractivity (Wildman–Crippen MR) is 136 cm³/mol. The van der Waals surface area contributed by atoms with E-state index in [9.17, 15) is 9.59 Å². The third-order valence-electron chi connectivity index (χ3n) is 6.68. The molecule has 3 aromatic rings. The van der Waals surface area contributed by atoms with E-state index >= 15 is 0 Å². The summed E-state index contributed by atoms with van der Waals surface area (Å²) in [6, 6.07) is 15.7. The zero-order chi connectivity index (χ0) is 24.2. The minimum atomic E-state index is 0.0731. The molecule has 2 fully saturated rings.